The van der Waals surface area contributed by atoms with Crippen LogP contribution in [-0.4, -0.2) is 318 Å². The number of thioether (sulfide) groups is 1. The Morgan fingerprint density at radius 2 is 1.15 bits per heavy atom. The minimum Gasteiger partial charge on any atom is -0.508 e. The van der Waals surface area contributed by atoms with E-state index in [0.717, 1.165) is 26.5 Å². The summed E-state index contributed by atoms with van der Waals surface area (Å²) in [5.41, 5.74) is 23.9. The number of likely N-dealkylation sites (N-methyl/N-ethyl adjacent to an activating group) is 3. The van der Waals surface area contributed by atoms with Crippen molar-refractivity contribution in [3.05, 3.63) is 102 Å². The van der Waals surface area contributed by atoms with Crippen LogP contribution in [0.4, 0.5) is 0 Å². The first kappa shape index (κ1) is 104. The highest BCUT2D eigenvalue weighted by Crippen LogP contribution is 2.52. The van der Waals surface area contributed by atoms with E-state index in [1.807, 2.05) is 13.8 Å². The Balaban J connectivity index is 1.09. The van der Waals surface area contributed by atoms with Crippen molar-refractivity contribution < 1.29 is 96.8 Å². The van der Waals surface area contributed by atoms with Gasteiger partial charge in [-0.1, -0.05) is 95.5 Å². The van der Waals surface area contributed by atoms with Crippen molar-refractivity contribution in [3.8, 4) is 5.75 Å². The van der Waals surface area contributed by atoms with Crippen LogP contribution in [0.2, 0.25) is 0 Å². The van der Waals surface area contributed by atoms with Gasteiger partial charge in [0.2, 0.25) is 100 Å². The molecule has 1 aliphatic carbocycles. The van der Waals surface area contributed by atoms with Crippen LogP contribution in [0.3, 0.4) is 0 Å². The number of benzene rings is 3. The second-order valence-corrected chi connectivity index (χ2v) is 35.8. The summed E-state index contributed by atoms with van der Waals surface area (Å²) < 4.78 is 0. The molecule has 9 rings (SSSR count). The average molecular weight is 1870 g/mol. The van der Waals surface area contributed by atoms with E-state index >= 15 is 33.6 Å². The molecule has 3 aliphatic heterocycles. The SMILES string of the molecule is CCCC[C@H]1C(=O)N[C@@H](CCCNC(=N)N)C(=O)N[C@H](C(=O)NCC(N)=O)CSCC(=O)N[C@@H](Cc2ccc(O)cc2)C(=O)N(C)[C@@H](C)C(=O)N[C@@H](CC(N)=O)C(=O)N2CCC[C@H]2C(=O)N[C@@H](CN)C(=O)N[C@@H](CC(C)C)C(=O)N2C[C@H](O)C[C@H]2C(=O)N[C@@H](Cc2c[nH]c3ccccc23)C(=O)N[C@@H](CO)C(=O)N[C@@H](Cc2c[nH]c3ccccc23)C(=O)N(C)C2(C[C@H]2CCC)C(=O)N1C. The molecule has 1 saturated carbocycles. The van der Waals surface area contributed by atoms with Crippen molar-refractivity contribution in [2.24, 2.45) is 34.8 Å². The monoisotopic (exact) mass is 1870 g/mol. The molecule has 44 heteroatoms. The first-order valence-corrected chi connectivity index (χ1v) is 45.9. The normalized spacial score (nSPS) is 26.4. The Kier molecular flexibility index (Phi) is 37.4. The number of aromatic nitrogens is 2. The Bertz CT molecular complexity index is 5070. The number of carbonyl (C=O) groups is 17. The molecular weight excluding hydrogens is 1740 g/mol. The molecule has 25 N–H and O–H groups in total. The third-order valence-electron chi connectivity index (χ3n) is 24.6. The van der Waals surface area contributed by atoms with Crippen molar-refractivity contribution >= 4 is 140 Å². The lowest BCUT2D eigenvalue weighted by Crippen LogP contribution is -2.62. The van der Waals surface area contributed by atoms with E-state index in [1.165, 1.54) is 62.1 Å². The highest BCUT2D eigenvalue weighted by atomic mass is 32.2. The predicted octanol–water partition coefficient (Wildman–Crippen LogP) is -3.94. The Labute approximate surface area is 773 Å². The number of hydrogen-bond acceptors (Lipinski definition) is 23. The third-order valence-corrected chi connectivity index (χ3v) is 25.7. The largest absolute Gasteiger partial charge is 0.508 e. The summed E-state index contributed by atoms with van der Waals surface area (Å²) in [6.07, 6.45) is 1.47. The fraction of sp³-hybridized carbons (Fsp3) is 0.551. The number of nitrogens with two attached hydrogens (primary N) is 4. The predicted molar refractivity (Wildman–Crippen MR) is 489 cm³/mol. The van der Waals surface area contributed by atoms with Crippen molar-refractivity contribution in [2.75, 3.05) is 72.0 Å². The van der Waals surface area contributed by atoms with E-state index in [1.54, 1.807) is 74.8 Å². The molecule has 3 aromatic carbocycles. The molecule has 133 heavy (non-hydrogen) atoms. The minimum absolute atomic E-state index is 0.0124. The third kappa shape index (κ3) is 27.2. The maximum Gasteiger partial charge on any atom is 0.249 e. The summed E-state index contributed by atoms with van der Waals surface area (Å²) in [4.78, 5) is 261. The number of nitrogens with zero attached hydrogens (tertiary/aromatic N) is 5. The number of aromatic hydroxyl groups is 1. The lowest BCUT2D eigenvalue weighted by molar-refractivity contribution is -0.151. The number of aromatic amines is 2. The van der Waals surface area contributed by atoms with Crippen LogP contribution in [0.25, 0.3) is 21.8 Å². The number of hydrogen-bond donors (Lipinski definition) is 21. The molecule has 5 aromatic rings. The number of aliphatic hydroxyl groups is 2. The fourth-order valence-corrected chi connectivity index (χ4v) is 18.1. The van der Waals surface area contributed by atoms with E-state index in [-0.39, 0.29) is 89.0 Å². The Morgan fingerprint density at radius 1 is 0.586 bits per heavy atom. The maximum atomic E-state index is 16.0. The van der Waals surface area contributed by atoms with Crippen molar-refractivity contribution in [1.82, 2.24) is 93.0 Å². The van der Waals surface area contributed by atoms with E-state index < -0.39 is 253 Å². The van der Waals surface area contributed by atoms with Crippen LogP contribution in [0.5, 0.6) is 5.75 Å². The Morgan fingerprint density at radius 3 is 1.76 bits per heavy atom. The van der Waals surface area contributed by atoms with E-state index in [2.05, 4.69) is 68.5 Å². The molecule has 17 amide bonds. The molecule has 0 bridgehead atoms. The van der Waals surface area contributed by atoms with Gasteiger partial charge in [0.1, 0.15) is 89.8 Å². The number of phenolic OH excluding ortho intramolecular Hbond substituents is 1. The number of para-hydroxylation sites is 2. The number of rotatable bonds is 24. The number of amides is 17. The van der Waals surface area contributed by atoms with E-state index in [0.29, 0.717) is 64.2 Å². The number of nitrogens with one attached hydrogen (secondary N) is 14. The first-order valence-electron chi connectivity index (χ1n) is 44.8. The van der Waals surface area contributed by atoms with Gasteiger partial charge in [0.15, 0.2) is 5.96 Å². The molecule has 724 valence electrons. The smallest absolute Gasteiger partial charge is 0.249 e. The zero-order chi connectivity index (χ0) is 97.4. The molecule has 5 heterocycles. The molecule has 0 radical (unpaired) electrons. The van der Waals surface area contributed by atoms with Gasteiger partial charge in [-0.25, -0.2) is 0 Å². The number of guanidine groups is 1. The zero-order valence-electron chi connectivity index (χ0n) is 76.0. The lowest BCUT2D eigenvalue weighted by Gasteiger charge is -2.37. The summed E-state index contributed by atoms with van der Waals surface area (Å²) in [5.74, 6) is -18.6. The summed E-state index contributed by atoms with van der Waals surface area (Å²) >= 11 is 0.762. The lowest BCUT2D eigenvalue weighted by atomic mass is 9.99. The zero-order valence-corrected chi connectivity index (χ0v) is 76.8. The first-order chi connectivity index (χ1) is 63.2. The van der Waals surface area contributed by atoms with Gasteiger partial charge < -0.3 is 131 Å². The number of aliphatic hydroxyl groups excluding tert-OH is 2. The highest BCUT2D eigenvalue weighted by Gasteiger charge is 2.65. The van der Waals surface area contributed by atoms with Crippen LogP contribution in [0, 0.1) is 17.2 Å². The van der Waals surface area contributed by atoms with Crippen molar-refractivity contribution in [1.29, 1.82) is 5.41 Å². The average Bonchev–Trinajstić information content (AvgIpc) is 1.55. The standard InChI is InChI=1S/C89H127N23O20S/c1-9-11-24-68-80(125)100-59(23-16-30-95-88(93)94)76(121)107-67(75(120)98-42-72(92)117)45-133-46-73(118)99-62(33-49-26-28-53(114)29-27-49)83(128)108(6)48(5)74(119)102-64(37-71(91)116)85(130)111-31-17-25-69(111)81(126)105-65(39-90)78(123)103-61(32-47(3)4)86(131)112-43-54(115)36-70(112)82(127)101-60(34-50-40-96-57-21-14-12-19-55(50)57)77(122)106-66(44-113)79(124)104-63(35-51-41-97-58-22-15-13-20-56(51)58)84(129)110(8)89(87(132)109(68)7)38-52(89)18-10-2/h12-15,19-22,26-29,40-41,47-48,52,54,59-70,96-97,113-115H,9-11,16-18,23-25,30-39,42-46,90H2,1-8H3,(H2,91,116)(H2,92,117)(H,98,120)(H,99,118)(H,100,125)(H,101,127)(H,102,119)(H,103,123)(H,104,124)(H,105,126)(H,106,122)(H,107,121)(H4,93,94,95)/t48-,52+,54+,59-,60-,61-,62-,63-,64-,65-,66-,67-,68-,69-,70-,89?/m0/s1. The van der Waals surface area contributed by atoms with Gasteiger partial charge in [-0.3, -0.25) is 86.9 Å². The number of primary amides is 2. The van der Waals surface area contributed by atoms with Crippen LogP contribution in [0.15, 0.2) is 85.2 Å². The number of fused-ring (bicyclic) bond motifs is 4. The summed E-state index contributed by atoms with van der Waals surface area (Å²) in [5, 5.41) is 70.8. The number of carbonyl (C=O) groups excluding carboxylic acids is 17. The van der Waals surface area contributed by atoms with Gasteiger partial charge >= 0.3 is 0 Å². The molecule has 1 spiro atoms. The van der Waals surface area contributed by atoms with Gasteiger partial charge in [0.25, 0.3) is 0 Å². The van der Waals surface area contributed by atoms with Crippen LogP contribution in [-0.2, 0) is 101 Å². The second kappa shape index (κ2) is 47.9. The number of unbranched alkanes of at least 4 members (excludes halogenated alkanes) is 1. The molecule has 43 nitrogen and oxygen atoms in total. The second-order valence-electron chi connectivity index (χ2n) is 34.8. The quantitative estimate of drug-likeness (QED) is 0.0159. The molecule has 1 unspecified atom stereocenters. The van der Waals surface area contributed by atoms with Crippen LogP contribution >= 0.6 is 11.8 Å². The van der Waals surface area contributed by atoms with Crippen molar-refractivity contribution in [2.45, 2.75) is 228 Å². The van der Waals surface area contributed by atoms with Gasteiger partial charge in [-0.2, -0.15) is 0 Å². The van der Waals surface area contributed by atoms with Crippen molar-refractivity contribution in [3.63, 3.8) is 0 Å². The maximum absolute atomic E-state index is 16.0. The van der Waals surface area contributed by atoms with Crippen LogP contribution < -0.4 is 81.4 Å². The summed E-state index contributed by atoms with van der Waals surface area (Å²) in [6.45, 7) is 5.44. The van der Waals surface area contributed by atoms with E-state index in [9.17, 15) is 63.3 Å². The van der Waals surface area contributed by atoms with Gasteiger partial charge in [-0.05, 0) is 111 Å². The number of H-pyrrole nitrogens is 2. The molecule has 4 aliphatic rings. The fourth-order valence-electron chi connectivity index (χ4n) is 17.2. The highest BCUT2D eigenvalue weighted by molar-refractivity contribution is 8.00. The Hall–Kier alpha value is -13.0. The van der Waals surface area contributed by atoms with Crippen LogP contribution in [0.1, 0.15) is 135 Å². The van der Waals surface area contributed by atoms with Gasteiger partial charge in [0.05, 0.1) is 31.4 Å². The molecule has 2 aromatic heterocycles. The molecule has 3 saturated heterocycles. The topological polar surface area (TPSA) is 659 Å². The van der Waals surface area contributed by atoms with E-state index in [4.69, 9.17) is 28.3 Å². The van der Waals surface area contributed by atoms with Gasteiger partial charge in [-0.15, -0.1) is 11.8 Å². The number of phenols is 1. The molecule has 4 fully saturated rings. The molecule has 16 atom stereocenters. The van der Waals surface area contributed by atoms with Gasteiger partial charge in [0, 0.05) is 113 Å². The summed E-state index contributed by atoms with van der Waals surface area (Å²) in [7, 11) is 3.97. The molecular formula is C89H127N23O20S. The minimum atomic E-state index is -1.89. The summed E-state index contributed by atoms with van der Waals surface area (Å²) in [6, 6.07) is -0.849.